The third kappa shape index (κ3) is 2.62. The normalized spacial score (nSPS) is 10.6. The zero-order valence-corrected chi connectivity index (χ0v) is 9.56. The monoisotopic (exact) mass is 236 g/mol. The summed E-state index contributed by atoms with van der Waals surface area (Å²) in [5.74, 6) is 0.941. The van der Waals surface area contributed by atoms with E-state index in [4.69, 9.17) is 16.7 Å². The van der Waals surface area contributed by atoms with Gasteiger partial charge in [-0.05, 0) is 17.7 Å². The van der Waals surface area contributed by atoms with Crippen LogP contribution in [0.3, 0.4) is 0 Å². The van der Waals surface area contributed by atoms with Crippen molar-refractivity contribution < 1.29 is 5.11 Å². The number of hydrogen-bond acceptors (Lipinski definition) is 2. The lowest BCUT2D eigenvalue weighted by atomic mass is 10.1. The summed E-state index contributed by atoms with van der Waals surface area (Å²) in [6.07, 6.45) is 4.35. The third-order valence-electron chi connectivity index (χ3n) is 2.39. The number of aliphatic hydroxyl groups excluding tert-OH is 1. The Morgan fingerprint density at radius 3 is 3.00 bits per heavy atom. The molecule has 1 heterocycles. The average molecular weight is 237 g/mol. The summed E-state index contributed by atoms with van der Waals surface area (Å²) in [6, 6.07) is 7.73. The molecule has 0 spiro atoms. The van der Waals surface area contributed by atoms with Gasteiger partial charge in [-0.3, -0.25) is 0 Å². The first-order valence-electron chi connectivity index (χ1n) is 5.15. The van der Waals surface area contributed by atoms with E-state index in [1.54, 1.807) is 6.20 Å². The third-order valence-corrected chi connectivity index (χ3v) is 2.63. The van der Waals surface area contributed by atoms with Gasteiger partial charge in [0.2, 0.25) is 0 Å². The van der Waals surface area contributed by atoms with E-state index >= 15 is 0 Å². The number of aliphatic hydroxyl groups is 1. The molecule has 84 valence electrons. The summed E-state index contributed by atoms with van der Waals surface area (Å²) >= 11 is 5.92. The van der Waals surface area contributed by atoms with Gasteiger partial charge < -0.3 is 9.67 Å². The van der Waals surface area contributed by atoms with Crippen molar-refractivity contribution in [3.8, 4) is 0 Å². The second-order valence-electron chi connectivity index (χ2n) is 3.57. The fourth-order valence-corrected chi connectivity index (χ4v) is 1.86. The van der Waals surface area contributed by atoms with Crippen LogP contribution in [0.5, 0.6) is 0 Å². The van der Waals surface area contributed by atoms with Crippen molar-refractivity contribution in [2.45, 2.75) is 13.0 Å². The molecule has 3 nitrogen and oxygen atoms in total. The highest BCUT2D eigenvalue weighted by Gasteiger charge is 2.03. The number of aromatic nitrogens is 2. The predicted molar refractivity (Wildman–Crippen MR) is 63.6 cm³/mol. The molecule has 16 heavy (non-hydrogen) atoms. The number of hydrogen-bond donors (Lipinski definition) is 1. The summed E-state index contributed by atoms with van der Waals surface area (Å²) in [5.41, 5.74) is 1.12. The largest absolute Gasteiger partial charge is 0.395 e. The minimum Gasteiger partial charge on any atom is -0.395 e. The molecule has 0 aliphatic carbocycles. The van der Waals surface area contributed by atoms with Crippen LogP contribution in [0.4, 0.5) is 0 Å². The Morgan fingerprint density at radius 2 is 2.25 bits per heavy atom. The maximum absolute atomic E-state index is 8.90. The number of halogens is 1. The second kappa shape index (κ2) is 5.14. The molecule has 0 unspecified atom stereocenters. The van der Waals surface area contributed by atoms with E-state index in [-0.39, 0.29) is 6.61 Å². The number of benzene rings is 1. The lowest BCUT2D eigenvalue weighted by molar-refractivity contribution is 0.274. The van der Waals surface area contributed by atoms with Gasteiger partial charge in [-0.2, -0.15) is 0 Å². The number of rotatable bonds is 4. The van der Waals surface area contributed by atoms with Gasteiger partial charge in [0.15, 0.2) is 0 Å². The van der Waals surface area contributed by atoms with E-state index < -0.39 is 0 Å². The van der Waals surface area contributed by atoms with Crippen molar-refractivity contribution in [1.82, 2.24) is 9.55 Å². The highest BCUT2D eigenvalue weighted by molar-refractivity contribution is 6.30. The molecular weight excluding hydrogens is 224 g/mol. The van der Waals surface area contributed by atoms with E-state index in [1.807, 2.05) is 35.0 Å². The van der Waals surface area contributed by atoms with E-state index in [0.29, 0.717) is 6.54 Å². The van der Waals surface area contributed by atoms with E-state index in [1.165, 1.54) is 0 Å². The predicted octanol–water partition coefficient (Wildman–Crippen LogP) is 2.12. The molecule has 2 aromatic rings. The van der Waals surface area contributed by atoms with Gasteiger partial charge in [-0.25, -0.2) is 4.98 Å². The Hall–Kier alpha value is -1.32. The average Bonchev–Trinajstić information content (AvgIpc) is 2.66. The van der Waals surface area contributed by atoms with Gasteiger partial charge in [-0.15, -0.1) is 0 Å². The summed E-state index contributed by atoms with van der Waals surface area (Å²) in [7, 11) is 0. The fourth-order valence-electron chi connectivity index (χ4n) is 1.65. The first kappa shape index (κ1) is 11.2. The maximum Gasteiger partial charge on any atom is 0.113 e. The maximum atomic E-state index is 8.90. The van der Waals surface area contributed by atoms with Crippen LogP contribution < -0.4 is 0 Å². The molecule has 0 bridgehead atoms. The molecule has 0 saturated carbocycles. The minimum atomic E-state index is 0.124. The lowest BCUT2D eigenvalue weighted by Gasteiger charge is -2.06. The van der Waals surface area contributed by atoms with Crippen LogP contribution in [-0.2, 0) is 13.0 Å². The number of nitrogens with zero attached hydrogens (tertiary/aromatic N) is 2. The smallest absolute Gasteiger partial charge is 0.113 e. The first-order chi connectivity index (χ1) is 7.79. The molecule has 1 N–H and O–H groups in total. The molecule has 0 fully saturated rings. The van der Waals surface area contributed by atoms with Gasteiger partial charge in [-0.1, -0.05) is 23.7 Å². The standard InChI is InChI=1S/C12H13ClN2O/c13-11-3-1-2-10(8-11)9-12-14-4-5-15(12)6-7-16/h1-5,8,16H,6-7,9H2. The first-order valence-corrected chi connectivity index (χ1v) is 5.52. The van der Waals surface area contributed by atoms with E-state index in [0.717, 1.165) is 22.8 Å². The molecule has 2 rings (SSSR count). The summed E-state index contributed by atoms with van der Waals surface area (Å²) < 4.78 is 1.95. The van der Waals surface area contributed by atoms with Gasteiger partial charge >= 0.3 is 0 Å². The van der Waals surface area contributed by atoms with Crippen molar-refractivity contribution in [3.63, 3.8) is 0 Å². The van der Waals surface area contributed by atoms with Crippen molar-refractivity contribution in [1.29, 1.82) is 0 Å². The summed E-state index contributed by atoms with van der Waals surface area (Å²) in [4.78, 5) is 4.27. The molecule has 0 amide bonds. The SMILES string of the molecule is OCCn1ccnc1Cc1cccc(Cl)c1. The quantitative estimate of drug-likeness (QED) is 0.883. The molecule has 4 heteroatoms. The van der Waals surface area contributed by atoms with Gasteiger partial charge in [0, 0.05) is 30.4 Å². The van der Waals surface area contributed by atoms with Gasteiger partial charge in [0.25, 0.3) is 0 Å². The molecule has 0 atom stereocenters. The van der Waals surface area contributed by atoms with Gasteiger partial charge in [0.1, 0.15) is 5.82 Å². The molecule has 1 aromatic carbocycles. The summed E-state index contributed by atoms with van der Waals surface area (Å²) in [6.45, 7) is 0.703. The van der Waals surface area contributed by atoms with Crippen molar-refractivity contribution >= 4 is 11.6 Å². The van der Waals surface area contributed by atoms with E-state index in [9.17, 15) is 0 Å². The Bertz CT molecular complexity index is 468. The van der Waals surface area contributed by atoms with Crippen LogP contribution in [-0.4, -0.2) is 21.3 Å². The van der Waals surface area contributed by atoms with Crippen LogP contribution in [0.15, 0.2) is 36.7 Å². The van der Waals surface area contributed by atoms with Crippen LogP contribution in [0.2, 0.25) is 5.02 Å². The van der Waals surface area contributed by atoms with Gasteiger partial charge in [0.05, 0.1) is 6.61 Å². The Kier molecular flexibility index (Phi) is 3.59. The van der Waals surface area contributed by atoms with Crippen LogP contribution >= 0.6 is 11.6 Å². The molecule has 0 saturated heterocycles. The molecule has 0 aliphatic heterocycles. The fraction of sp³-hybridized carbons (Fsp3) is 0.250. The van der Waals surface area contributed by atoms with E-state index in [2.05, 4.69) is 4.98 Å². The molecule has 0 aliphatic rings. The van der Waals surface area contributed by atoms with Crippen LogP contribution in [0.25, 0.3) is 0 Å². The zero-order valence-electron chi connectivity index (χ0n) is 8.81. The van der Waals surface area contributed by atoms with Crippen molar-refractivity contribution in [2.24, 2.45) is 0 Å². The summed E-state index contributed by atoms with van der Waals surface area (Å²) in [5, 5.41) is 9.64. The van der Waals surface area contributed by atoms with Crippen LogP contribution in [0, 0.1) is 0 Å². The molecular formula is C12H13ClN2O. The zero-order chi connectivity index (χ0) is 11.4. The highest BCUT2D eigenvalue weighted by Crippen LogP contribution is 2.13. The van der Waals surface area contributed by atoms with Crippen LogP contribution in [0.1, 0.15) is 11.4 Å². The van der Waals surface area contributed by atoms with Crippen molar-refractivity contribution in [3.05, 3.63) is 53.1 Å². The topological polar surface area (TPSA) is 38.0 Å². The Morgan fingerprint density at radius 1 is 1.38 bits per heavy atom. The molecule has 0 radical (unpaired) electrons. The van der Waals surface area contributed by atoms with Crippen molar-refractivity contribution in [2.75, 3.05) is 6.61 Å². The molecule has 1 aromatic heterocycles. The Balaban J connectivity index is 2.17. The second-order valence-corrected chi connectivity index (χ2v) is 4.00. The highest BCUT2D eigenvalue weighted by atomic mass is 35.5. The number of imidazole rings is 1. The lowest BCUT2D eigenvalue weighted by Crippen LogP contribution is -2.06. The minimum absolute atomic E-state index is 0.124. The Labute approximate surface area is 99.3 Å².